The predicted octanol–water partition coefficient (Wildman–Crippen LogP) is 5.41. The van der Waals surface area contributed by atoms with E-state index in [0.29, 0.717) is 36.1 Å². The molecule has 0 spiro atoms. The molecule has 0 bridgehead atoms. The Balaban J connectivity index is 1.21. The van der Waals surface area contributed by atoms with Crippen LogP contribution < -0.4 is 24.8 Å². The molecule has 1 aliphatic heterocycles. The number of carboxylic acids is 1. The van der Waals surface area contributed by atoms with Gasteiger partial charge in [-0.3, -0.25) is 4.79 Å². The summed E-state index contributed by atoms with van der Waals surface area (Å²) in [6, 6.07) is 16.6. The van der Waals surface area contributed by atoms with Crippen molar-refractivity contribution in [1.82, 2.24) is 25.3 Å². The summed E-state index contributed by atoms with van der Waals surface area (Å²) in [5.41, 5.74) is 1.21. The molecule has 2 aromatic heterocycles. The molecule has 1 aliphatic rings. The van der Waals surface area contributed by atoms with Gasteiger partial charge in [0.25, 0.3) is 0 Å². The van der Waals surface area contributed by atoms with Crippen LogP contribution in [0.5, 0.6) is 23.0 Å². The van der Waals surface area contributed by atoms with Crippen molar-refractivity contribution in [3.8, 4) is 23.0 Å². The molecule has 0 radical (unpaired) electrons. The molecule has 5 aromatic rings. The Labute approximate surface area is 273 Å². The van der Waals surface area contributed by atoms with Crippen LogP contribution in [0.1, 0.15) is 40.5 Å². The minimum atomic E-state index is -1.38. The van der Waals surface area contributed by atoms with Crippen molar-refractivity contribution < 1.29 is 33.3 Å². The van der Waals surface area contributed by atoms with E-state index in [1.807, 2.05) is 43.3 Å². The van der Waals surface area contributed by atoms with Gasteiger partial charge in [0.1, 0.15) is 36.2 Å². The van der Waals surface area contributed by atoms with Crippen LogP contribution in [0.4, 0.5) is 9.52 Å². The number of hydrogen-bond donors (Lipinski definition) is 3. The summed E-state index contributed by atoms with van der Waals surface area (Å²) in [6.07, 6.45) is 4.18. The third kappa shape index (κ3) is 7.73. The molecule has 12 nitrogen and oxygen atoms in total. The summed E-state index contributed by atoms with van der Waals surface area (Å²) in [6.45, 7) is 3.40. The molecule has 0 aliphatic carbocycles. The Morgan fingerprint density at radius 3 is 2.72 bits per heavy atom. The fourth-order valence-electron chi connectivity index (χ4n) is 5.31. The number of anilines is 1. The van der Waals surface area contributed by atoms with Crippen LogP contribution in [0.15, 0.2) is 78.4 Å². The smallest absolute Gasteiger partial charge is 0.338 e. The van der Waals surface area contributed by atoms with Gasteiger partial charge in [-0.15, -0.1) is 16.4 Å². The molecular weight excluding hydrogens is 627 g/mol. The van der Waals surface area contributed by atoms with Crippen LogP contribution in [-0.2, 0) is 29.9 Å². The van der Waals surface area contributed by atoms with Gasteiger partial charge in [-0.25, -0.2) is 18.9 Å². The van der Waals surface area contributed by atoms with Crippen LogP contribution in [-0.4, -0.2) is 50.1 Å². The molecule has 0 saturated carbocycles. The van der Waals surface area contributed by atoms with Crippen molar-refractivity contribution >= 4 is 28.3 Å². The zero-order valence-electron chi connectivity index (χ0n) is 25.3. The van der Waals surface area contributed by atoms with Gasteiger partial charge in [0.05, 0.1) is 18.3 Å². The van der Waals surface area contributed by atoms with Gasteiger partial charge in [0, 0.05) is 36.1 Å². The number of hydrogen-bond acceptors (Lipinski definition) is 10. The molecule has 1 amide bonds. The van der Waals surface area contributed by atoms with Gasteiger partial charge < -0.3 is 30.0 Å². The summed E-state index contributed by atoms with van der Waals surface area (Å²) in [7, 11) is 0. The zero-order chi connectivity index (χ0) is 32.8. The van der Waals surface area contributed by atoms with Crippen molar-refractivity contribution in [3.63, 3.8) is 0 Å². The van der Waals surface area contributed by atoms with E-state index in [1.54, 1.807) is 28.5 Å². The molecule has 0 saturated heterocycles. The van der Waals surface area contributed by atoms with Crippen LogP contribution in [0.3, 0.4) is 0 Å². The predicted molar refractivity (Wildman–Crippen MR) is 171 cm³/mol. The van der Waals surface area contributed by atoms with Gasteiger partial charge in [-0.1, -0.05) is 23.4 Å². The average molecular weight is 659 g/mol. The number of aromatic carboxylic acids is 1. The fourth-order valence-corrected chi connectivity index (χ4v) is 5.85. The van der Waals surface area contributed by atoms with Crippen molar-refractivity contribution in [3.05, 3.63) is 107 Å². The number of thiazole rings is 1. The second kappa shape index (κ2) is 14.0. The van der Waals surface area contributed by atoms with Crippen LogP contribution in [0.25, 0.3) is 0 Å². The van der Waals surface area contributed by atoms with E-state index in [1.165, 1.54) is 17.4 Å². The third-order valence-electron chi connectivity index (χ3n) is 7.56. The molecule has 242 valence electrons. The Morgan fingerprint density at radius 1 is 1.11 bits per heavy atom. The first-order valence-corrected chi connectivity index (χ1v) is 15.7. The van der Waals surface area contributed by atoms with Crippen molar-refractivity contribution in [2.75, 3.05) is 18.5 Å². The number of benzene rings is 3. The maximum absolute atomic E-state index is 14.6. The Bertz CT molecular complexity index is 1870. The van der Waals surface area contributed by atoms with E-state index in [-0.39, 0.29) is 37.0 Å². The third-order valence-corrected chi connectivity index (χ3v) is 8.25. The van der Waals surface area contributed by atoms with E-state index in [2.05, 4.69) is 25.9 Å². The molecule has 1 atom stereocenters. The molecule has 0 fully saturated rings. The minimum absolute atomic E-state index is 0.0867. The maximum atomic E-state index is 14.6. The first-order chi connectivity index (χ1) is 22.8. The lowest BCUT2D eigenvalue weighted by molar-refractivity contribution is -0.117. The topological polar surface area (TPSA) is 150 Å². The van der Waals surface area contributed by atoms with Crippen LogP contribution >= 0.6 is 11.3 Å². The van der Waals surface area contributed by atoms with Gasteiger partial charge in [-0.2, -0.15) is 0 Å². The largest absolute Gasteiger partial charge is 0.488 e. The van der Waals surface area contributed by atoms with E-state index in [0.717, 1.165) is 29.0 Å². The molecule has 1 unspecified atom stereocenters. The minimum Gasteiger partial charge on any atom is -0.488 e. The molecule has 6 rings (SSSR count). The second-order valence-electron chi connectivity index (χ2n) is 11.0. The number of amides is 1. The van der Waals surface area contributed by atoms with Crippen molar-refractivity contribution in [1.29, 1.82) is 0 Å². The molecule has 14 heteroatoms. The van der Waals surface area contributed by atoms with Crippen molar-refractivity contribution in [2.45, 2.75) is 38.5 Å². The number of ether oxygens (including phenoxy) is 3. The van der Waals surface area contributed by atoms with Gasteiger partial charge in [0.2, 0.25) is 5.91 Å². The molecule has 3 heterocycles. The van der Waals surface area contributed by atoms with E-state index >= 15 is 0 Å². The quantitative estimate of drug-likeness (QED) is 0.150. The first kappa shape index (κ1) is 31.6. The highest BCUT2D eigenvalue weighted by Gasteiger charge is 2.35. The number of halogens is 1. The summed E-state index contributed by atoms with van der Waals surface area (Å²) >= 11 is 1.33. The van der Waals surface area contributed by atoms with Crippen LogP contribution in [0, 0.1) is 5.82 Å². The summed E-state index contributed by atoms with van der Waals surface area (Å²) < 4.78 is 34.3. The number of nitrogens with zero attached hydrogens (tertiary/aromatic N) is 4. The number of fused-ring (bicyclic) bond motifs is 1. The number of carboxylic acid groups (broad SMARTS) is 1. The highest BCUT2D eigenvalue weighted by atomic mass is 32.1. The standard InChI is InChI=1S/C33H31FN6O6S/c1-33(18-30(41)37-32-35-11-14-47-32)26-17-29(46-24-7-8-25(31(42)43)27(34)16-24)28(15-21(26)9-10-36-33)44-13-12-40-19-22(38-39-40)20-45-23-5-3-2-4-6-23/h2-8,11,14-17,19,36H,9-10,12-13,18,20H2,1H3,(H,42,43)(H,35,37,41). The Kier molecular flexibility index (Phi) is 9.40. The first-order valence-electron chi connectivity index (χ1n) is 14.8. The highest BCUT2D eigenvalue weighted by molar-refractivity contribution is 7.13. The summed E-state index contributed by atoms with van der Waals surface area (Å²) in [5, 5.41) is 26.2. The molecule has 47 heavy (non-hydrogen) atoms. The monoisotopic (exact) mass is 658 g/mol. The van der Waals surface area contributed by atoms with E-state index in [9.17, 15) is 19.1 Å². The lowest BCUT2D eigenvalue weighted by Crippen LogP contribution is -2.47. The number of nitrogens with one attached hydrogen (secondary N) is 2. The Morgan fingerprint density at radius 2 is 1.96 bits per heavy atom. The number of rotatable bonds is 13. The SMILES string of the molecule is CC1(CC(=O)Nc2nccs2)NCCc2cc(OCCn3cc(COc4ccccc4)nn3)c(Oc3ccc(C(=O)O)c(F)c3)cc21. The molecular formula is C33H31FN6O6S. The number of aromatic nitrogens is 4. The normalized spacial score (nSPS) is 15.4. The average Bonchev–Trinajstić information content (AvgIpc) is 3.73. The highest BCUT2D eigenvalue weighted by Crippen LogP contribution is 2.41. The van der Waals surface area contributed by atoms with Crippen molar-refractivity contribution in [2.24, 2.45) is 0 Å². The number of carbonyl (C=O) groups excluding carboxylic acids is 1. The van der Waals surface area contributed by atoms with E-state index < -0.39 is 22.9 Å². The lowest BCUT2D eigenvalue weighted by Gasteiger charge is -2.37. The van der Waals surface area contributed by atoms with Crippen LogP contribution in [0.2, 0.25) is 0 Å². The zero-order valence-corrected chi connectivity index (χ0v) is 26.1. The molecule has 3 N–H and O–H groups in total. The molecule has 3 aromatic carbocycles. The number of carbonyl (C=O) groups is 2. The fraction of sp³-hybridized carbons (Fsp3) is 0.242. The lowest BCUT2D eigenvalue weighted by atomic mass is 9.81. The summed E-state index contributed by atoms with van der Waals surface area (Å²) in [5.74, 6) is -1.03. The van der Waals surface area contributed by atoms with Gasteiger partial charge >= 0.3 is 5.97 Å². The maximum Gasteiger partial charge on any atom is 0.338 e. The Hall–Kier alpha value is -5.34. The number of para-hydroxylation sites is 1. The van der Waals surface area contributed by atoms with Gasteiger partial charge in [0.15, 0.2) is 16.6 Å². The van der Waals surface area contributed by atoms with E-state index in [4.69, 9.17) is 14.2 Å². The van der Waals surface area contributed by atoms with Gasteiger partial charge in [-0.05, 0) is 60.9 Å². The second-order valence-corrected chi connectivity index (χ2v) is 11.9. The summed E-state index contributed by atoms with van der Waals surface area (Å²) in [4.78, 5) is 28.5.